The van der Waals surface area contributed by atoms with E-state index in [1.54, 1.807) is 12.3 Å². The van der Waals surface area contributed by atoms with E-state index >= 15 is 0 Å². The van der Waals surface area contributed by atoms with Gasteiger partial charge in [-0.3, -0.25) is 4.79 Å². The van der Waals surface area contributed by atoms with Gasteiger partial charge in [0, 0.05) is 45.0 Å². The first-order valence-corrected chi connectivity index (χ1v) is 9.72. The Hall–Kier alpha value is -2.70. The Labute approximate surface area is 160 Å². The number of unbranched alkanes of at least 4 members (excludes halogenated alkanes) is 2. The van der Waals surface area contributed by atoms with Crippen molar-refractivity contribution in [2.24, 2.45) is 0 Å². The molecule has 1 fully saturated rings. The third-order valence-electron chi connectivity index (χ3n) is 4.68. The topological polar surface area (TPSA) is 74.2 Å². The minimum Gasteiger partial charge on any atom is -0.370 e. The predicted octanol–water partition coefficient (Wildman–Crippen LogP) is 2.74. The van der Waals surface area contributed by atoms with Gasteiger partial charge >= 0.3 is 0 Å². The van der Waals surface area contributed by atoms with Gasteiger partial charge in [-0.05, 0) is 25.5 Å². The van der Waals surface area contributed by atoms with Crippen LogP contribution in [-0.4, -0.2) is 58.5 Å². The van der Waals surface area contributed by atoms with Crippen molar-refractivity contribution in [1.29, 1.82) is 0 Å². The van der Waals surface area contributed by atoms with Gasteiger partial charge < -0.3 is 15.1 Å². The number of aromatic nitrogens is 3. The van der Waals surface area contributed by atoms with Crippen LogP contribution < -0.4 is 10.2 Å². The van der Waals surface area contributed by atoms with Crippen molar-refractivity contribution in [2.45, 2.75) is 33.1 Å². The van der Waals surface area contributed by atoms with E-state index in [9.17, 15) is 4.79 Å². The first kappa shape index (κ1) is 19.1. The second-order valence-electron chi connectivity index (χ2n) is 6.79. The summed E-state index contributed by atoms with van der Waals surface area (Å²) in [6.45, 7) is 7.74. The number of piperazine rings is 1. The number of hydrogen-bond acceptors (Lipinski definition) is 6. The number of carbonyl (C=O) groups excluding carboxylic acids is 1. The van der Waals surface area contributed by atoms with E-state index in [4.69, 9.17) is 0 Å². The normalized spacial score (nSPS) is 14.3. The van der Waals surface area contributed by atoms with Crippen LogP contribution in [0.5, 0.6) is 0 Å². The number of hydrogen-bond donors (Lipinski definition) is 1. The Kier molecular flexibility index (Phi) is 6.57. The standard InChI is InChI=1S/C20H28N6O/c1-3-4-6-9-21-18-15-17(23-16(2)24-18)20(27)26-13-11-25(12-14-26)19-8-5-7-10-22-19/h5,7-8,10,15H,3-4,6,9,11-14H2,1-2H3,(H,21,23,24). The van der Waals surface area contributed by atoms with Crippen molar-refractivity contribution in [3.05, 3.63) is 42.0 Å². The monoisotopic (exact) mass is 368 g/mol. The summed E-state index contributed by atoms with van der Waals surface area (Å²) in [6.07, 6.45) is 5.26. The Morgan fingerprint density at radius 3 is 2.67 bits per heavy atom. The molecular formula is C20H28N6O. The molecule has 3 rings (SSSR count). The van der Waals surface area contributed by atoms with E-state index in [1.165, 1.54) is 12.8 Å². The maximum atomic E-state index is 12.9. The molecule has 0 bridgehead atoms. The number of pyridine rings is 1. The van der Waals surface area contributed by atoms with Crippen molar-refractivity contribution in [3.8, 4) is 0 Å². The molecular weight excluding hydrogens is 340 g/mol. The van der Waals surface area contributed by atoms with Crippen molar-refractivity contribution in [3.63, 3.8) is 0 Å². The molecule has 0 aliphatic carbocycles. The molecule has 27 heavy (non-hydrogen) atoms. The quantitative estimate of drug-likeness (QED) is 0.758. The molecule has 0 aromatic carbocycles. The third-order valence-corrected chi connectivity index (χ3v) is 4.68. The highest BCUT2D eigenvalue weighted by molar-refractivity contribution is 5.93. The molecule has 0 spiro atoms. The lowest BCUT2D eigenvalue weighted by atomic mass is 10.2. The Morgan fingerprint density at radius 1 is 1.15 bits per heavy atom. The lowest BCUT2D eigenvalue weighted by Crippen LogP contribution is -2.49. The van der Waals surface area contributed by atoms with Crippen molar-refractivity contribution >= 4 is 17.5 Å². The zero-order chi connectivity index (χ0) is 19.1. The van der Waals surface area contributed by atoms with Gasteiger partial charge in [0.05, 0.1) is 0 Å². The number of anilines is 2. The van der Waals surface area contributed by atoms with Gasteiger partial charge in [0.15, 0.2) is 0 Å². The van der Waals surface area contributed by atoms with Gasteiger partial charge in [-0.15, -0.1) is 0 Å². The SMILES string of the molecule is CCCCCNc1cc(C(=O)N2CCN(c3ccccn3)CC2)nc(C)n1. The second-order valence-corrected chi connectivity index (χ2v) is 6.79. The highest BCUT2D eigenvalue weighted by atomic mass is 16.2. The number of nitrogens with zero attached hydrogens (tertiary/aromatic N) is 5. The molecule has 1 aliphatic rings. The Morgan fingerprint density at radius 2 is 1.96 bits per heavy atom. The number of amides is 1. The van der Waals surface area contributed by atoms with E-state index in [1.807, 2.05) is 30.0 Å². The molecule has 1 aliphatic heterocycles. The lowest BCUT2D eigenvalue weighted by Gasteiger charge is -2.35. The predicted molar refractivity (Wildman–Crippen MR) is 107 cm³/mol. The average molecular weight is 368 g/mol. The van der Waals surface area contributed by atoms with Crippen LogP contribution >= 0.6 is 0 Å². The molecule has 144 valence electrons. The van der Waals surface area contributed by atoms with E-state index in [0.29, 0.717) is 24.6 Å². The number of nitrogens with one attached hydrogen (secondary N) is 1. The summed E-state index contributed by atoms with van der Waals surface area (Å²) in [6, 6.07) is 7.67. The Balaban J connectivity index is 1.60. The zero-order valence-electron chi connectivity index (χ0n) is 16.2. The largest absolute Gasteiger partial charge is 0.370 e. The van der Waals surface area contributed by atoms with E-state index < -0.39 is 0 Å². The molecule has 1 amide bonds. The van der Waals surface area contributed by atoms with Crippen molar-refractivity contribution < 1.29 is 4.79 Å². The highest BCUT2D eigenvalue weighted by Gasteiger charge is 2.24. The minimum absolute atomic E-state index is 0.0298. The van der Waals surface area contributed by atoms with Gasteiger partial charge in [0.2, 0.25) is 0 Å². The first-order valence-electron chi connectivity index (χ1n) is 9.72. The van der Waals surface area contributed by atoms with Crippen LogP contribution in [0.25, 0.3) is 0 Å². The van der Waals surface area contributed by atoms with E-state index in [-0.39, 0.29) is 5.91 Å². The lowest BCUT2D eigenvalue weighted by molar-refractivity contribution is 0.0740. The molecule has 3 heterocycles. The molecule has 0 atom stereocenters. The van der Waals surface area contributed by atoms with Crippen LogP contribution in [0.2, 0.25) is 0 Å². The second kappa shape index (κ2) is 9.30. The molecule has 2 aromatic rings. The first-order chi connectivity index (χ1) is 13.2. The third kappa shape index (κ3) is 5.15. The Bertz CT molecular complexity index is 743. The average Bonchev–Trinajstić information content (AvgIpc) is 2.71. The van der Waals surface area contributed by atoms with Crippen LogP contribution in [0.1, 0.15) is 42.5 Å². The van der Waals surface area contributed by atoms with Crippen LogP contribution in [0.3, 0.4) is 0 Å². The van der Waals surface area contributed by atoms with Gasteiger partial charge in [0.1, 0.15) is 23.2 Å². The summed E-state index contributed by atoms with van der Waals surface area (Å²) in [7, 11) is 0. The molecule has 1 N–H and O–H groups in total. The molecule has 0 saturated carbocycles. The summed E-state index contributed by atoms with van der Waals surface area (Å²) < 4.78 is 0. The van der Waals surface area contributed by atoms with E-state index in [0.717, 1.165) is 37.7 Å². The maximum absolute atomic E-state index is 12.9. The summed E-state index contributed by atoms with van der Waals surface area (Å²) >= 11 is 0. The van der Waals surface area contributed by atoms with Crippen LogP contribution in [0.4, 0.5) is 11.6 Å². The smallest absolute Gasteiger partial charge is 0.272 e. The summed E-state index contributed by atoms with van der Waals surface area (Å²) in [5.41, 5.74) is 0.465. The zero-order valence-corrected chi connectivity index (χ0v) is 16.2. The van der Waals surface area contributed by atoms with Gasteiger partial charge in [-0.1, -0.05) is 25.8 Å². The fourth-order valence-corrected chi connectivity index (χ4v) is 3.20. The number of aryl methyl sites for hydroxylation is 1. The van der Waals surface area contributed by atoms with Gasteiger partial charge in [-0.25, -0.2) is 15.0 Å². The summed E-state index contributed by atoms with van der Waals surface area (Å²) in [5, 5.41) is 3.31. The maximum Gasteiger partial charge on any atom is 0.272 e. The highest BCUT2D eigenvalue weighted by Crippen LogP contribution is 2.15. The number of rotatable bonds is 7. The minimum atomic E-state index is -0.0298. The van der Waals surface area contributed by atoms with E-state index in [2.05, 4.69) is 32.1 Å². The van der Waals surface area contributed by atoms with Crippen LogP contribution in [0, 0.1) is 6.92 Å². The molecule has 7 heteroatoms. The van der Waals surface area contributed by atoms with Gasteiger partial charge in [-0.2, -0.15) is 0 Å². The van der Waals surface area contributed by atoms with Gasteiger partial charge in [0.25, 0.3) is 5.91 Å². The van der Waals surface area contributed by atoms with Crippen molar-refractivity contribution in [1.82, 2.24) is 19.9 Å². The fraction of sp³-hybridized carbons (Fsp3) is 0.500. The molecule has 2 aromatic heterocycles. The molecule has 0 radical (unpaired) electrons. The molecule has 0 unspecified atom stereocenters. The molecule has 1 saturated heterocycles. The summed E-state index contributed by atoms with van der Waals surface area (Å²) in [5.74, 6) is 2.28. The fourth-order valence-electron chi connectivity index (χ4n) is 3.20. The number of carbonyl (C=O) groups is 1. The van der Waals surface area contributed by atoms with Crippen molar-refractivity contribution in [2.75, 3.05) is 42.9 Å². The van der Waals surface area contributed by atoms with Crippen LogP contribution in [-0.2, 0) is 0 Å². The van der Waals surface area contributed by atoms with Crippen LogP contribution in [0.15, 0.2) is 30.5 Å². The molecule has 7 nitrogen and oxygen atoms in total. The summed E-state index contributed by atoms with van der Waals surface area (Å²) in [4.78, 5) is 30.1.